The van der Waals surface area contributed by atoms with Crippen molar-refractivity contribution in [3.63, 3.8) is 0 Å². The summed E-state index contributed by atoms with van der Waals surface area (Å²) in [5.74, 6) is -0.134. The average Bonchev–Trinajstić information content (AvgIpc) is 2.86. The van der Waals surface area contributed by atoms with Crippen LogP contribution in [0.25, 0.3) is 10.9 Å². The standard InChI is InChI=1S/C28H26ClN3O4/c1-2-36-27(34)14-13-26(33)30-22-11-12-24-23(17-22)28(35)32(18-20-9-6-10-21(29)15-20)25(31-24)16-19-7-4-3-5-8-19/h3-12,15,17H,2,13-14,16,18H2,1H3,(H,30,33). The molecule has 0 saturated carbocycles. The third-order valence-corrected chi connectivity index (χ3v) is 5.85. The molecule has 36 heavy (non-hydrogen) atoms. The van der Waals surface area contributed by atoms with Crippen molar-refractivity contribution in [1.82, 2.24) is 9.55 Å². The van der Waals surface area contributed by atoms with Gasteiger partial charge in [-0.15, -0.1) is 0 Å². The zero-order valence-electron chi connectivity index (χ0n) is 19.9. The Balaban J connectivity index is 1.67. The van der Waals surface area contributed by atoms with Crippen LogP contribution >= 0.6 is 11.6 Å². The molecule has 7 nitrogen and oxygen atoms in total. The van der Waals surface area contributed by atoms with Gasteiger partial charge in [0.15, 0.2) is 0 Å². The van der Waals surface area contributed by atoms with Crippen LogP contribution in [0.15, 0.2) is 77.6 Å². The number of hydrogen-bond donors (Lipinski definition) is 1. The molecule has 184 valence electrons. The molecular formula is C28H26ClN3O4. The van der Waals surface area contributed by atoms with Crippen LogP contribution in [-0.2, 0) is 27.3 Å². The maximum atomic E-state index is 13.7. The summed E-state index contributed by atoms with van der Waals surface area (Å²) in [4.78, 5) is 42.3. The predicted octanol–water partition coefficient (Wildman–Crippen LogP) is 4.97. The minimum absolute atomic E-state index is 0.00979. The van der Waals surface area contributed by atoms with Gasteiger partial charge >= 0.3 is 5.97 Å². The molecule has 0 fully saturated rings. The van der Waals surface area contributed by atoms with E-state index in [0.717, 1.165) is 11.1 Å². The topological polar surface area (TPSA) is 90.3 Å². The molecular weight excluding hydrogens is 478 g/mol. The molecule has 0 bridgehead atoms. The van der Waals surface area contributed by atoms with Crippen LogP contribution in [0.2, 0.25) is 5.02 Å². The number of benzene rings is 3. The van der Waals surface area contributed by atoms with E-state index in [9.17, 15) is 14.4 Å². The lowest BCUT2D eigenvalue weighted by Crippen LogP contribution is -2.26. The summed E-state index contributed by atoms with van der Waals surface area (Å²) in [5, 5.41) is 3.73. The lowest BCUT2D eigenvalue weighted by molar-refractivity contribution is -0.144. The number of nitrogens with one attached hydrogen (secondary N) is 1. The summed E-state index contributed by atoms with van der Waals surface area (Å²) in [6.07, 6.45) is 0.465. The number of carbonyl (C=O) groups is 2. The summed E-state index contributed by atoms with van der Waals surface area (Å²) in [5.41, 5.74) is 2.70. The van der Waals surface area contributed by atoms with E-state index in [2.05, 4.69) is 5.32 Å². The van der Waals surface area contributed by atoms with Crippen molar-refractivity contribution in [2.45, 2.75) is 32.7 Å². The van der Waals surface area contributed by atoms with Gasteiger partial charge in [-0.25, -0.2) is 4.98 Å². The smallest absolute Gasteiger partial charge is 0.306 e. The molecule has 0 aliphatic carbocycles. The zero-order valence-corrected chi connectivity index (χ0v) is 20.6. The number of rotatable bonds is 9. The van der Waals surface area contributed by atoms with Crippen molar-refractivity contribution in [2.24, 2.45) is 0 Å². The van der Waals surface area contributed by atoms with Crippen molar-refractivity contribution in [2.75, 3.05) is 11.9 Å². The Hall–Kier alpha value is -3.97. The van der Waals surface area contributed by atoms with Gasteiger partial charge in [0.25, 0.3) is 5.56 Å². The summed E-state index contributed by atoms with van der Waals surface area (Å²) in [6.45, 7) is 2.29. The molecule has 3 aromatic carbocycles. The van der Waals surface area contributed by atoms with Crippen LogP contribution in [0.1, 0.15) is 36.7 Å². The van der Waals surface area contributed by atoms with Crippen LogP contribution < -0.4 is 10.9 Å². The number of halogens is 1. The molecule has 0 unspecified atom stereocenters. The fraction of sp³-hybridized carbons (Fsp3) is 0.214. The number of fused-ring (bicyclic) bond motifs is 1. The normalized spacial score (nSPS) is 10.8. The van der Waals surface area contributed by atoms with Gasteiger partial charge in [-0.05, 0) is 48.4 Å². The number of aromatic nitrogens is 2. The minimum atomic E-state index is -0.426. The predicted molar refractivity (Wildman–Crippen MR) is 140 cm³/mol. The second-order valence-corrected chi connectivity index (χ2v) is 8.73. The highest BCUT2D eigenvalue weighted by Gasteiger charge is 2.14. The first-order valence-electron chi connectivity index (χ1n) is 11.7. The number of ether oxygens (including phenoxy) is 1. The molecule has 4 aromatic rings. The monoisotopic (exact) mass is 503 g/mol. The molecule has 1 N–H and O–H groups in total. The largest absolute Gasteiger partial charge is 0.466 e. The third-order valence-electron chi connectivity index (χ3n) is 5.61. The van der Waals surface area contributed by atoms with Crippen LogP contribution in [0.3, 0.4) is 0 Å². The summed E-state index contributed by atoms with van der Waals surface area (Å²) < 4.78 is 6.51. The Morgan fingerprint density at radius 3 is 2.50 bits per heavy atom. The van der Waals surface area contributed by atoms with Crippen LogP contribution in [-0.4, -0.2) is 28.0 Å². The van der Waals surface area contributed by atoms with Gasteiger partial charge in [0.2, 0.25) is 5.91 Å². The highest BCUT2D eigenvalue weighted by Crippen LogP contribution is 2.19. The third kappa shape index (κ3) is 6.37. The molecule has 4 rings (SSSR count). The second kappa shape index (κ2) is 11.6. The SMILES string of the molecule is CCOC(=O)CCC(=O)Nc1ccc2nc(Cc3ccccc3)n(Cc3cccc(Cl)c3)c(=O)c2c1. The van der Waals surface area contributed by atoms with Crippen molar-refractivity contribution in [3.8, 4) is 0 Å². The molecule has 1 heterocycles. The van der Waals surface area contributed by atoms with E-state index in [1.165, 1.54) is 0 Å². The number of esters is 1. The first-order valence-corrected chi connectivity index (χ1v) is 12.1. The minimum Gasteiger partial charge on any atom is -0.466 e. The van der Waals surface area contributed by atoms with Gasteiger partial charge in [0.1, 0.15) is 5.82 Å². The van der Waals surface area contributed by atoms with Crippen molar-refractivity contribution >= 4 is 40.1 Å². The van der Waals surface area contributed by atoms with E-state index in [0.29, 0.717) is 40.4 Å². The van der Waals surface area contributed by atoms with E-state index < -0.39 is 5.97 Å². The van der Waals surface area contributed by atoms with Crippen LogP contribution in [0.5, 0.6) is 0 Å². The van der Waals surface area contributed by atoms with E-state index in [1.54, 1.807) is 35.8 Å². The van der Waals surface area contributed by atoms with E-state index in [4.69, 9.17) is 21.3 Å². The van der Waals surface area contributed by atoms with Crippen molar-refractivity contribution in [1.29, 1.82) is 0 Å². The molecule has 0 radical (unpaired) electrons. The molecule has 0 saturated heterocycles. The lowest BCUT2D eigenvalue weighted by Gasteiger charge is -2.15. The average molecular weight is 504 g/mol. The molecule has 0 atom stereocenters. The van der Waals surface area contributed by atoms with Gasteiger partial charge in [-0.1, -0.05) is 54.1 Å². The maximum absolute atomic E-state index is 13.7. The zero-order chi connectivity index (χ0) is 25.5. The number of carbonyl (C=O) groups excluding carboxylic acids is 2. The maximum Gasteiger partial charge on any atom is 0.306 e. The Bertz CT molecular complexity index is 1450. The highest BCUT2D eigenvalue weighted by atomic mass is 35.5. The van der Waals surface area contributed by atoms with Crippen molar-refractivity contribution < 1.29 is 14.3 Å². The van der Waals surface area contributed by atoms with Gasteiger partial charge in [0.05, 0.1) is 30.5 Å². The van der Waals surface area contributed by atoms with Gasteiger partial charge in [-0.2, -0.15) is 0 Å². The molecule has 0 aliphatic rings. The fourth-order valence-electron chi connectivity index (χ4n) is 3.91. The lowest BCUT2D eigenvalue weighted by atomic mass is 10.1. The summed E-state index contributed by atoms with van der Waals surface area (Å²) in [6, 6.07) is 22.2. The molecule has 0 aliphatic heterocycles. The molecule has 1 amide bonds. The molecule has 0 spiro atoms. The molecule has 1 aromatic heterocycles. The highest BCUT2D eigenvalue weighted by molar-refractivity contribution is 6.30. The molecule has 8 heteroatoms. The Kier molecular flexibility index (Phi) is 8.13. The first kappa shape index (κ1) is 25.1. The number of hydrogen-bond acceptors (Lipinski definition) is 5. The van der Waals surface area contributed by atoms with Gasteiger partial charge in [0, 0.05) is 23.6 Å². The van der Waals surface area contributed by atoms with E-state index in [1.807, 2.05) is 48.5 Å². The van der Waals surface area contributed by atoms with Gasteiger partial charge in [-0.3, -0.25) is 19.0 Å². The summed E-state index contributed by atoms with van der Waals surface area (Å²) in [7, 11) is 0. The van der Waals surface area contributed by atoms with E-state index in [-0.39, 0.29) is 30.9 Å². The Morgan fingerprint density at radius 1 is 0.972 bits per heavy atom. The number of amides is 1. The number of anilines is 1. The fourth-order valence-corrected chi connectivity index (χ4v) is 4.12. The Morgan fingerprint density at radius 2 is 1.75 bits per heavy atom. The second-order valence-electron chi connectivity index (χ2n) is 8.30. The quantitative estimate of drug-likeness (QED) is 0.326. The van der Waals surface area contributed by atoms with E-state index >= 15 is 0 Å². The first-order chi connectivity index (χ1) is 17.4. The van der Waals surface area contributed by atoms with Crippen LogP contribution in [0.4, 0.5) is 5.69 Å². The van der Waals surface area contributed by atoms with Crippen molar-refractivity contribution in [3.05, 3.63) is 105 Å². The van der Waals surface area contributed by atoms with Gasteiger partial charge < -0.3 is 10.1 Å². The summed E-state index contributed by atoms with van der Waals surface area (Å²) >= 11 is 6.18. The van der Waals surface area contributed by atoms with Crippen LogP contribution in [0, 0.1) is 0 Å². The Labute approximate surface area is 213 Å². The number of nitrogens with zero attached hydrogens (tertiary/aromatic N) is 2.